The van der Waals surface area contributed by atoms with Gasteiger partial charge < -0.3 is 10.0 Å². The highest BCUT2D eigenvalue weighted by Gasteiger charge is 2.62. The Bertz CT molecular complexity index is 433. The Labute approximate surface area is 126 Å². The van der Waals surface area contributed by atoms with Gasteiger partial charge in [0, 0.05) is 19.6 Å². The van der Waals surface area contributed by atoms with Crippen LogP contribution in [0.2, 0.25) is 0 Å². The molecule has 2 unspecified atom stereocenters. The first-order chi connectivity index (χ1) is 10.0. The fourth-order valence-electron chi connectivity index (χ4n) is 4.21. The van der Waals surface area contributed by atoms with E-state index in [0.29, 0.717) is 25.0 Å². The van der Waals surface area contributed by atoms with Crippen LogP contribution in [0.25, 0.3) is 0 Å². The molecule has 3 aliphatic rings. The lowest BCUT2D eigenvalue weighted by molar-refractivity contribution is -0.147. The number of aliphatic carboxylic acids is 1. The Hall–Kier alpha value is -1.10. The van der Waals surface area contributed by atoms with Gasteiger partial charge in [-0.05, 0) is 38.1 Å². The molecule has 5 heteroatoms. The van der Waals surface area contributed by atoms with Crippen LogP contribution in [0.15, 0.2) is 0 Å². The third-order valence-electron chi connectivity index (χ3n) is 5.83. The van der Waals surface area contributed by atoms with Crippen molar-refractivity contribution >= 4 is 11.9 Å². The monoisotopic (exact) mass is 294 g/mol. The number of likely N-dealkylation sites (N-methyl/N-ethyl adjacent to an activating group) is 1. The predicted octanol–water partition coefficient (Wildman–Crippen LogP) is 1.57. The first-order valence-corrected chi connectivity index (χ1v) is 8.24. The van der Waals surface area contributed by atoms with Crippen molar-refractivity contribution in [2.45, 2.75) is 51.0 Å². The SMILES string of the molecule is CN(C(=O)CN1CCC2CC2(C(=O)O)C1)C1CCCCC1. The molecule has 0 aromatic carbocycles. The molecule has 5 nitrogen and oxygen atoms in total. The van der Waals surface area contributed by atoms with Crippen LogP contribution in [0.1, 0.15) is 44.9 Å². The van der Waals surface area contributed by atoms with E-state index in [0.717, 1.165) is 32.2 Å². The minimum atomic E-state index is -0.676. The van der Waals surface area contributed by atoms with Crippen molar-refractivity contribution < 1.29 is 14.7 Å². The number of hydrogen-bond acceptors (Lipinski definition) is 3. The van der Waals surface area contributed by atoms with Crippen molar-refractivity contribution in [3.63, 3.8) is 0 Å². The summed E-state index contributed by atoms with van der Waals surface area (Å²) in [6.07, 6.45) is 7.67. The van der Waals surface area contributed by atoms with Crippen LogP contribution in [-0.4, -0.2) is 59.5 Å². The largest absolute Gasteiger partial charge is 0.481 e. The molecule has 1 heterocycles. The maximum Gasteiger partial charge on any atom is 0.311 e. The van der Waals surface area contributed by atoms with Crippen LogP contribution < -0.4 is 0 Å². The lowest BCUT2D eigenvalue weighted by Crippen LogP contribution is -2.48. The number of carboxylic acid groups (broad SMARTS) is 1. The third-order valence-corrected chi connectivity index (χ3v) is 5.83. The molecule has 3 fully saturated rings. The number of carboxylic acids is 1. The summed E-state index contributed by atoms with van der Waals surface area (Å²) in [4.78, 5) is 27.8. The van der Waals surface area contributed by atoms with Crippen molar-refractivity contribution in [3.05, 3.63) is 0 Å². The zero-order valence-corrected chi connectivity index (χ0v) is 12.9. The number of rotatable bonds is 4. The molecular weight excluding hydrogens is 268 g/mol. The Morgan fingerprint density at radius 1 is 1.24 bits per heavy atom. The normalized spacial score (nSPS) is 33.3. The fraction of sp³-hybridized carbons (Fsp3) is 0.875. The summed E-state index contributed by atoms with van der Waals surface area (Å²) in [5.74, 6) is -0.177. The highest BCUT2D eigenvalue weighted by molar-refractivity contribution is 5.80. The number of fused-ring (bicyclic) bond motifs is 1. The van der Waals surface area contributed by atoms with Gasteiger partial charge in [0.15, 0.2) is 0 Å². The number of hydrogen-bond donors (Lipinski definition) is 1. The standard InChI is InChI=1S/C16H26N2O3/c1-17(13-5-3-2-4-6-13)14(19)10-18-8-7-12-9-16(12,11-18)15(20)21/h12-13H,2-11H2,1H3,(H,20,21). The van der Waals surface area contributed by atoms with Crippen LogP contribution in [0.3, 0.4) is 0 Å². The second kappa shape index (κ2) is 5.59. The molecule has 0 radical (unpaired) electrons. The fourth-order valence-corrected chi connectivity index (χ4v) is 4.21. The van der Waals surface area contributed by atoms with E-state index in [1.165, 1.54) is 19.3 Å². The van der Waals surface area contributed by atoms with E-state index in [1.807, 2.05) is 11.9 Å². The van der Waals surface area contributed by atoms with E-state index in [2.05, 4.69) is 4.90 Å². The average Bonchev–Trinajstić information content (AvgIpc) is 3.22. The molecule has 2 saturated carbocycles. The van der Waals surface area contributed by atoms with Crippen LogP contribution in [0.5, 0.6) is 0 Å². The van der Waals surface area contributed by atoms with Crippen LogP contribution in [0.4, 0.5) is 0 Å². The number of amides is 1. The van der Waals surface area contributed by atoms with Gasteiger partial charge in [-0.15, -0.1) is 0 Å². The van der Waals surface area contributed by atoms with Crippen molar-refractivity contribution in [2.24, 2.45) is 11.3 Å². The molecule has 2 aliphatic carbocycles. The minimum Gasteiger partial charge on any atom is -0.481 e. The third kappa shape index (κ3) is 2.80. The van der Waals surface area contributed by atoms with Crippen LogP contribution >= 0.6 is 0 Å². The van der Waals surface area contributed by atoms with E-state index in [-0.39, 0.29) is 5.91 Å². The van der Waals surface area contributed by atoms with Crippen molar-refractivity contribution in [3.8, 4) is 0 Å². The van der Waals surface area contributed by atoms with Crippen LogP contribution in [0, 0.1) is 11.3 Å². The Kier molecular flexibility index (Phi) is 3.95. The minimum absolute atomic E-state index is 0.154. The summed E-state index contributed by atoms with van der Waals surface area (Å²) >= 11 is 0. The number of likely N-dealkylation sites (tertiary alicyclic amines) is 1. The number of carbonyl (C=O) groups is 2. The van der Waals surface area contributed by atoms with Crippen LogP contribution in [-0.2, 0) is 9.59 Å². The lowest BCUT2D eigenvalue weighted by atomic mass is 9.94. The molecule has 2 atom stereocenters. The zero-order valence-electron chi connectivity index (χ0n) is 12.9. The van der Waals surface area contributed by atoms with Gasteiger partial charge in [0.1, 0.15) is 0 Å². The molecule has 1 aliphatic heterocycles. The van der Waals surface area contributed by atoms with Gasteiger partial charge in [0.05, 0.1) is 12.0 Å². The summed E-state index contributed by atoms with van der Waals surface area (Å²) in [6.45, 7) is 1.80. The molecule has 0 spiro atoms. The Morgan fingerprint density at radius 2 is 1.95 bits per heavy atom. The van der Waals surface area contributed by atoms with E-state index in [9.17, 15) is 14.7 Å². The summed E-state index contributed by atoms with van der Waals surface area (Å²) < 4.78 is 0. The molecule has 1 saturated heterocycles. The Morgan fingerprint density at radius 3 is 2.62 bits per heavy atom. The number of carbonyl (C=O) groups excluding carboxylic acids is 1. The average molecular weight is 294 g/mol. The predicted molar refractivity (Wildman–Crippen MR) is 78.9 cm³/mol. The second-order valence-electron chi connectivity index (χ2n) is 7.16. The van der Waals surface area contributed by atoms with Gasteiger partial charge in [0.2, 0.25) is 5.91 Å². The van der Waals surface area contributed by atoms with Crippen molar-refractivity contribution in [2.75, 3.05) is 26.7 Å². The van der Waals surface area contributed by atoms with Crippen molar-refractivity contribution in [1.82, 2.24) is 9.80 Å². The lowest BCUT2D eigenvalue weighted by Gasteiger charge is -2.35. The molecule has 21 heavy (non-hydrogen) atoms. The molecule has 3 rings (SSSR count). The molecule has 0 bridgehead atoms. The molecule has 1 amide bonds. The molecular formula is C16H26N2O3. The van der Waals surface area contributed by atoms with E-state index >= 15 is 0 Å². The zero-order chi connectivity index (χ0) is 15.0. The first kappa shape index (κ1) is 14.8. The smallest absolute Gasteiger partial charge is 0.311 e. The van der Waals surface area contributed by atoms with Gasteiger partial charge >= 0.3 is 5.97 Å². The first-order valence-electron chi connectivity index (χ1n) is 8.24. The van der Waals surface area contributed by atoms with Gasteiger partial charge in [-0.25, -0.2) is 0 Å². The number of nitrogens with zero attached hydrogens (tertiary/aromatic N) is 2. The maximum atomic E-state index is 12.4. The van der Waals surface area contributed by atoms with E-state index < -0.39 is 11.4 Å². The molecule has 0 aromatic heterocycles. The summed E-state index contributed by atoms with van der Waals surface area (Å²) in [5, 5.41) is 9.38. The highest BCUT2D eigenvalue weighted by atomic mass is 16.4. The van der Waals surface area contributed by atoms with Gasteiger partial charge in [-0.3, -0.25) is 14.5 Å². The number of piperidine rings is 1. The molecule has 118 valence electrons. The quantitative estimate of drug-likeness (QED) is 0.855. The van der Waals surface area contributed by atoms with E-state index in [4.69, 9.17) is 0 Å². The van der Waals surface area contributed by atoms with Gasteiger partial charge in [-0.1, -0.05) is 19.3 Å². The topological polar surface area (TPSA) is 60.9 Å². The van der Waals surface area contributed by atoms with Crippen molar-refractivity contribution in [1.29, 1.82) is 0 Å². The Balaban J connectivity index is 1.54. The summed E-state index contributed by atoms with van der Waals surface area (Å²) in [5.41, 5.74) is -0.540. The summed E-state index contributed by atoms with van der Waals surface area (Å²) in [6, 6.07) is 0.387. The van der Waals surface area contributed by atoms with Gasteiger partial charge in [0.25, 0.3) is 0 Å². The van der Waals surface area contributed by atoms with Gasteiger partial charge in [-0.2, -0.15) is 0 Å². The maximum absolute atomic E-state index is 12.4. The molecule has 1 N–H and O–H groups in total. The molecule has 0 aromatic rings. The van der Waals surface area contributed by atoms with E-state index in [1.54, 1.807) is 0 Å². The highest BCUT2D eigenvalue weighted by Crippen LogP contribution is 2.57. The second-order valence-corrected chi connectivity index (χ2v) is 7.16. The summed E-state index contributed by atoms with van der Waals surface area (Å²) in [7, 11) is 1.91.